The third kappa shape index (κ3) is 2.32. The Bertz CT molecular complexity index is 582. The van der Waals surface area contributed by atoms with E-state index in [2.05, 4.69) is 6.58 Å². The predicted molar refractivity (Wildman–Crippen MR) is 71.5 cm³/mol. The van der Waals surface area contributed by atoms with Gasteiger partial charge in [-0.15, -0.1) is 6.58 Å². The second-order valence-electron chi connectivity index (χ2n) is 4.14. The van der Waals surface area contributed by atoms with Crippen LogP contribution in [0.15, 0.2) is 49.3 Å². The highest BCUT2D eigenvalue weighted by Gasteiger charge is 2.08. The van der Waals surface area contributed by atoms with Crippen molar-refractivity contribution in [2.75, 3.05) is 0 Å². The number of aryl methyl sites for hydroxylation is 1. The Morgan fingerprint density at radius 1 is 1.33 bits per heavy atom. The Kier molecular flexibility index (Phi) is 3.28. The van der Waals surface area contributed by atoms with E-state index in [1.54, 1.807) is 12.1 Å². The maximum atomic E-state index is 10.6. The van der Waals surface area contributed by atoms with E-state index >= 15 is 0 Å². The van der Waals surface area contributed by atoms with Gasteiger partial charge >= 0.3 is 0 Å². The SMILES string of the molecule is C=CCn1cc(C)c(-c2ccc([N+](=O)[O-])cc2)c1. The third-order valence-corrected chi connectivity index (χ3v) is 2.81. The lowest BCUT2D eigenvalue weighted by Gasteiger charge is -1.99. The van der Waals surface area contributed by atoms with Crippen molar-refractivity contribution in [3.8, 4) is 11.1 Å². The first-order valence-electron chi connectivity index (χ1n) is 5.64. The van der Waals surface area contributed by atoms with Crippen molar-refractivity contribution in [2.45, 2.75) is 13.5 Å². The fourth-order valence-corrected chi connectivity index (χ4v) is 1.94. The number of allylic oxidation sites excluding steroid dienone is 1. The van der Waals surface area contributed by atoms with Gasteiger partial charge in [0.15, 0.2) is 0 Å². The first kappa shape index (κ1) is 12.1. The maximum Gasteiger partial charge on any atom is 0.269 e. The molecule has 1 heterocycles. The molecule has 0 amide bonds. The normalized spacial score (nSPS) is 10.3. The molecule has 0 saturated heterocycles. The van der Waals surface area contributed by atoms with Crippen LogP contribution in [0.3, 0.4) is 0 Å². The van der Waals surface area contributed by atoms with Gasteiger partial charge in [0.05, 0.1) is 4.92 Å². The monoisotopic (exact) mass is 242 g/mol. The molecular formula is C14H14N2O2. The summed E-state index contributed by atoms with van der Waals surface area (Å²) in [4.78, 5) is 10.2. The summed E-state index contributed by atoms with van der Waals surface area (Å²) in [6.45, 7) is 6.48. The van der Waals surface area contributed by atoms with Gasteiger partial charge in [-0.1, -0.05) is 6.08 Å². The lowest BCUT2D eigenvalue weighted by Crippen LogP contribution is -1.88. The summed E-state index contributed by atoms with van der Waals surface area (Å²) in [7, 11) is 0. The van der Waals surface area contributed by atoms with Crippen molar-refractivity contribution in [2.24, 2.45) is 0 Å². The Hall–Kier alpha value is -2.36. The number of nitrogens with zero attached hydrogens (tertiary/aromatic N) is 2. The van der Waals surface area contributed by atoms with Gasteiger partial charge in [0.2, 0.25) is 0 Å². The van der Waals surface area contributed by atoms with Crippen LogP contribution < -0.4 is 0 Å². The number of non-ortho nitro benzene ring substituents is 1. The quantitative estimate of drug-likeness (QED) is 0.467. The van der Waals surface area contributed by atoms with Gasteiger partial charge in [0.25, 0.3) is 5.69 Å². The van der Waals surface area contributed by atoms with Crippen LogP contribution >= 0.6 is 0 Å². The molecule has 0 aliphatic rings. The van der Waals surface area contributed by atoms with Crippen LogP contribution in [0, 0.1) is 17.0 Å². The number of nitro groups is 1. The molecule has 1 aromatic carbocycles. The first-order valence-corrected chi connectivity index (χ1v) is 5.64. The smallest absolute Gasteiger partial charge is 0.269 e. The first-order chi connectivity index (χ1) is 8.61. The molecule has 4 nitrogen and oxygen atoms in total. The van der Waals surface area contributed by atoms with Crippen LogP contribution in [-0.4, -0.2) is 9.49 Å². The average molecular weight is 242 g/mol. The topological polar surface area (TPSA) is 48.1 Å². The Balaban J connectivity index is 2.36. The van der Waals surface area contributed by atoms with E-state index in [0.29, 0.717) is 0 Å². The van der Waals surface area contributed by atoms with E-state index in [0.717, 1.165) is 23.2 Å². The zero-order chi connectivity index (χ0) is 13.1. The van der Waals surface area contributed by atoms with Crippen LogP contribution in [0.1, 0.15) is 5.56 Å². The summed E-state index contributed by atoms with van der Waals surface area (Å²) in [5, 5.41) is 10.6. The molecule has 2 rings (SSSR count). The highest BCUT2D eigenvalue weighted by atomic mass is 16.6. The molecule has 0 aliphatic heterocycles. The van der Waals surface area contributed by atoms with Crippen molar-refractivity contribution in [3.05, 3.63) is 65.0 Å². The second kappa shape index (κ2) is 4.87. The third-order valence-electron chi connectivity index (χ3n) is 2.81. The fourth-order valence-electron chi connectivity index (χ4n) is 1.94. The molecule has 0 atom stereocenters. The van der Waals surface area contributed by atoms with Gasteiger partial charge in [0.1, 0.15) is 0 Å². The highest BCUT2D eigenvalue weighted by Crippen LogP contribution is 2.26. The van der Waals surface area contributed by atoms with Crippen molar-refractivity contribution in [1.82, 2.24) is 4.57 Å². The molecule has 0 N–H and O–H groups in total. The van der Waals surface area contributed by atoms with E-state index < -0.39 is 0 Å². The summed E-state index contributed by atoms with van der Waals surface area (Å²) in [6, 6.07) is 6.61. The summed E-state index contributed by atoms with van der Waals surface area (Å²) >= 11 is 0. The fraction of sp³-hybridized carbons (Fsp3) is 0.143. The minimum atomic E-state index is -0.389. The minimum Gasteiger partial charge on any atom is -0.350 e. The molecule has 4 heteroatoms. The van der Waals surface area contributed by atoms with Crippen LogP contribution in [0.25, 0.3) is 11.1 Å². The van der Waals surface area contributed by atoms with Crippen molar-refractivity contribution < 1.29 is 4.92 Å². The second-order valence-corrected chi connectivity index (χ2v) is 4.14. The van der Waals surface area contributed by atoms with Crippen LogP contribution in [-0.2, 0) is 6.54 Å². The van der Waals surface area contributed by atoms with Crippen molar-refractivity contribution in [1.29, 1.82) is 0 Å². The summed E-state index contributed by atoms with van der Waals surface area (Å²) in [5.74, 6) is 0. The van der Waals surface area contributed by atoms with Crippen LogP contribution in [0.5, 0.6) is 0 Å². The predicted octanol–water partition coefficient (Wildman–Crippen LogP) is 3.56. The highest BCUT2D eigenvalue weighted by molar-refractivity contribution is 5.67. The van der Waals surface area contributed by atoms with E-state index in [4.69, 9.17) is 0 Å². The van der Waals surface area contributed by atoms with Gasteiger partial charge < -0.3 is 4.57 Å². The molecule has 0 aliphatic carbocycles. The average Bonchev–Trinajstić information content (AvgIpc) is 2.71. The zero-order valence-electron chi connectivity index (χ0n) is 10.2. The molecule has 18 heavy (non-hydrogen) atoms. The van der Waals surface area contributed by atoms with Gasteiger partial charge in [-0.2, -0.15) is 0 Å². The van der Waals surface area contributed by atoms with E-state index in [1.807, 2.05) is 30.0 Å². The van der Waals surface area contributed by atoms with E-state index in [-0.39, 0.29) is 10.6 Å². The number of hydrogen-bond donors (Lipinski definition) is 0. The molecule has 0 bridgehead atoms. The molecular weight excluding hydrogens is 228 g/mol. The zero-order valence-corrected chi connectivity index (χ0v) is 10.2. The largest absolute Gasteiger partial charge is 0.350 e. The standard InChI is InChI=1S/C14H14N2O2/c1-3-8-15-9-11(2)14(10-15)12-4-6-13(7-5-12)16(17)18/h3-7,9-10H,1,8H2,2H3. The van der Waals surface area contributed by atoms with Gasteiger partial charge in [-0.3, -0.25) is 10.1 Å². The molecule has 2 aromatic rings. The summed E-state index contributed by atoms with van der Waals surface area (Å²) < 4.78 is 2.04. The van der Waals surface area contributed by atoms with E-state index in [9.17, 15) is 10.1 Å². The van der Waals surface area contributed by atoms with Crippen LogP contribution in [0.2, 0.25) is 0 Å². The molecule has 0 fully saturated rings. The Morgan fingerprint density at radius 3 is 2.56 bits per heavy atom. The van der Waals surface area contributed by atoms with Gasteiger partial charge in [0, 0.05) is 36.6 Å². The molecule has 1 aromatic heterocycles. The van der Waals surface area contributed by atoms with Crippen molar-refractivity contribution in [3.63, 3.8) is 0 Å². The number of hydrogen-bond acceptors (Lipinski definition) is 2. The Morgan fingerprint density at radius 2 is 2.00 bits per heavy atom. The number of aromatic nitrogens is 1. The minimum absolute atomic E-state index is 0.113. The molecule has 0 unspecified atom stereocenters. The molecule has 0 spiro atoms. The van der Waals surface area contributed by atoms with Gasteiger partial charge in [-0.05, 0) is 30.2 Å². The Labute approximate surface area is 105 Å². The number of nitro benzene ring substituents is 1. The lowest BCUT2D eigenvalue weighted by atomic mass is 10.1. The molecule has 0 radical (unpaired) electrons. The lowest BCUT2D eigenvalue weighted by molar-refractivity contribution is -0.384. The maximum absolute atomic E-state index is 10.6. The van der Waals surface area contributed by atoms with Crippen molar-refractivity contribution >= 4 is 5.69 Å². The summed E-state index contributed by atoms with van der Waals surface area (Å²) in [6.07, 6.45) is 5.90. The summed E-state index contributed by atoms with van der Waals surface area (Å²) in [5.41, 5.74) is 3.33. The molecule has 0 saturated carbocycles. The van der Waals surface area contributed by atoms with E-state index in [1.165, 1.54) is 12.1 Å². The van der Waals surface area contributed by atoms with Crippen LogP contribution in [0.4, 0.5) is 5.69 Å². The number of benzene rings is 1. The number of rotatable bonds is 4. The molecule has 92 valence electrons. The van der Waals surface area contributed by atoms with Gasteiger partial charge in [-0.25, -0.2) is 0 Å².